The second-order valence-electron chi connectivity index (χ2n) is 5.31. The van der Waals surface area contributed by atoms with Crippen LogP contribution in [0.5, 0.6) is 0 Å². The monoisotopic (exact) mass is 319 g/mol. The fourth-order valence-electron chi connectivity index (χ4n) is 2.81. The summed E-state index contributed by atoms with van der Waals surface area (Å²) in [6.45, 7) is -0.108. The highest BCUT2D eigenvalue weighted by atomic mass is 16.5. The molecule has 1 aromatic rings. The summed E-state index contributed by atoms with van der Waals surface area (Å²) in [4.78, 5) is 8.04. The van der Waals surface area contributed by atoms with Crippen LogP contribution in [0.3, 0.4) is 0 Å². The third-order valence-electron chi connectivity index (χ3n) is 3.91. The maximum Gasteiger partial charge on any atom is 0.200 e. The largest absolute Gasteiger partial charge is 0.394 e. The summed E-state index contributed by atoms with van der Waals surface area (Å²) >= 11 is 0. The minimum absolute atomic E-state index is 0.193. The molecule has 122 valence electrons. The number of fused-ring (bicyclic) bond motifs is 1. The van der Waals surface area contributed by atoms with E-state index >= 15 is 0 Å². The Morgan fingerprint density at radius 2 is 2.35 bits per heavy atom. The number of azo groups is 1. The highest BCUT2D eigenvalue weighted by Gasteiger charge is 2.53. The SMILES string of the molecule is COCC#CC1(C2CC(O)C(CO)O2)N=Nc2ncnc(N)c21. The van der Waals surface area contributed by atoms with Gasteiger partial charge in [0.1, 0.15) is 31.0 Å². The number of rotatable bonds is 3. The van der Waals surface area contributed by atoms with Crippen LogP contribution in [0.1, 0.15) is 12.0 Å². The molecule has 1 fully saturated rings. The van der Waals surface area contributed by atoms with Gasteiger partial charge in [-0.3, -0.25) is 0 Å². The van der Waals surface area contributed by atoms with E-state index in [0.29, 0.717) is 11.4 Å². The average Bonchev–Trinajstić information content (AvgIpc) is 3.10. The summed E-state index contributed by atoms with van der Waals surface area (Å²) in [6, 6.07) is 0. The number of anilines is 1. The Labute approximate surface area is 132 Å². The number of hydrogen-bond acceptors (Lipinski definition) is 9. The Kier molecular flexibility index (Phi) is 4.23. The van der Waals surface area contributed by atoms with Crippen molar-refractivity contribution in [2.24, 2.45) is 10.2 Å². The summed E-state index contributed by atoms with van der Waals surface area (Å²) in [5.74, 6) is 6.37. The Hall–Kier alpha value is -2.12. The van der Waals surface area contributed by atoms with Crippen molar-refractivity contribution in [3.63, 3.8) is 0 Å². The van der Waals surface area contributed by atoms with Gasteiger partial charge in [0.15, 0.2) is 5.82 Å². The van der Waals surface area contributed by atoms with Crippen LogP contribution >= 0.6 is 0 Å². The van der Waals surface area contributed by atoms with Crippen LogP contribution in [0.15, 0.2) is 16.6 Å². The molecule has 0 aliphatic carbocycles. The summed E-state index contributed by atoms with van der Waals surface area (Å²) in [5, 5.41) is 27.6. The van der Waals surface area contributed by atoms with Crippen LogP contribution < -0.4 is 5.73 Å². The second-order valence-corrected chi connectivity index (χ2v) is 5.31. The Morgan fingerprint density at radius 3 is 3.04 bits per heavy atom. The lowest BCUT2D eigenvalue weighted by Gasteiger charge is -2.26. The molecule has 2 aliphatic heterocycles. The van der Waals surface area contributed by atoms with E-state index in [2.05, 4.69) is 32.0 Å². The van der Waals surface area contributed by atoms with Gasteiger partial charge in [-0.1, -0.05) is 11.8 Å². The van der Waals surface area contributed by atoms with Gasteiger partial charge in [0.05, 0.1) is 18.3 Å². The molecule has 0 saturated carbocycles. The Bertz CT molecular complexity index is 685. The third-order valence-corrected chi connectivity index (χ3v) is 3.91. The molecular weight excluding hydrogens is 302 g/mol. The smallest absolute Gasteiger partial charge is 0.200 e. The topological polar surface area (TPSA) is 135 Å². The molecule has 23 heavy (non-hydrogen) atoms. The van der Waals surface area contributed by atoms with Gasteiger partial charge in [-0.05, 0) is 0 Å². The van der Waals surface area contributed by atoms with E-state index in [0.717, 1.165) is 0 Å². The Balaban J connectivity index is 2.06. The number of hydrogen-bond donors (Lipinski definition) is 3. The molecule has 0 radical (unpaired) electrons. The first kappa shape index (κ1) is 15.8. The molecule has 0 bridgehead atoms. The van der Waals surface area contributed by atoms with Crippen LogP contribution in [-0.2, 0) is 15.0 Å². The van der Waals surface area contributed by atoms with Crippen molar-refractivity contribution in [1.29, 1.82) is 0 Å². The molecule has 2 aliphatic rings. The molecule has 4 atom stereocenters. The van der Waals surface area contributed by atoms with Gasteiger partial charge in [-0.15, -0.1) is 5.11 Å². The zero-order valence-electron chi connectivity index (χ0n) is 12.5. The number of aliphatic hydroxyl groups is 2. The molecular formula is C14H17N5O4. The summed E-state index contributed by atoms with van der Waals surface area (Å²) in [7, 11) is 1.53. The van der Waals surface area contributed by atoms with Crippen molar-refractivity contribution >= 4 is 11.6 Å². The van der Waals surface area contributed by atoms with Crippen molar-refractivity contribution in [2.75, 3.05) is 26.1 Å². The van der Waals surface area contributed by atoms with Gasteiger partial charge in [0, 0.05) is 13.5 Å². The van der Waals surface area contributed by atoms with Crippen LogP contribution in [0, 0.1) is 11.8 Å². The van der Waals surface area contributed by atoms with E-state index in [9.17, 15) is 10.2 Å². The van der Waals surface area contributed by atoms with Gasteiger partial charge >= 0.3 is 0 Å². The van der Waals surface area contributed by atoms with Crippen molar-refractivity contribution in [1.82, 2.24) is 9.97 Å². The first-order chi connectivity index (χ1) is 11.1. The summed E-state index contributed by atoms with van der Waals surface area (Å²) in [6.07, 6.45) is -0.619. The van der Waals surface area contributed by atoms with Crippen molar-refractivity contribution in [3.8, 4) is 11.8 Å². The number of aromatic nitrogens is 2. The van der Waals surface area contributed by atoms with E-state index in [1.54, 1.807) is 0 Å². The number of nitrogen functional groups attached to an aromatic ring is 1. The summed E-state index contributed by atoms with van der Waals surface area (Å²) < 4.78 is 10.7. The molecule has 3 heterocycles. The lowest BCUT2D eigenvalue weighted by Crippen LogP contribution is -2.36. The zero-order valence-corrected chi connectivity index (χ0v) is 12.5. The van der Waals surface area contributed by atoms with Gasteiger partial charge < -0.3 is 25.4 Å². The standard InChI is InChI=1S/C14H17N5O4/c1-22-4-2-3-14(10-5-8(21)9(6-20)23-10)11-12(15)16-7-17-13(11)18-19-14/h7-10,20-21H,4-6H2,1H3,(H2,15,16,17). The fourth-order valence-corrected chi connectivity index (χ4v) is 2.81. The summed E-state index contributed by atoms with van der Waals surface area (Å²) in [5.41, 5.74) is 5.22. The van der Waals surface area contributed by atoms with Crippen LogP contribution in [0.25, 0.3) is 0 Å². The van der Waals surface area contributed by atoms with Gasteiger partial charge in [0.25, 0.3) is 0 Å². The van der Waals surface area contributed by atoms with E-state index in [1.807, 2.05) is 0 Å². The zero-order chi connectivity index (χ0) is 16.4. The number of ether oxygens (including phenoxy) is 2. The number of aliphatic hydroxyl groups excluding tert-OH is 2. The Morgan fingerprint density at radius 1 is 1.52 bits per heavy atom. The fraction of sp³-hybridized carbons (Fsp3) is 0.571. The lowest BCUT2D eigenvalue weighted by molar-refractivity contribution is -0.0362. The molecule has 3 rings (SSSR count). The van der Waals surface area contributed by atoms with Crippen LogP contribution in [0.4, 0.5) is 11.6 Å². The van der Waals surface area contributed by atoms with Crippen molar-refractivity contribution in [2.45, 2.75) is 30.3 Å². The number of nitrogens with zero attached hydrogens (tertiary/aromatic N) is 4. The maximum absolute atomic E-state index is 10.0. The molecule has 4 unspecified atom stereocenters. The molecule has 9 heteroatoms. The minimum atomic E-state index is -1.22. The first-order valence-electron chi connectivity index (χ1n) is 7.09. The van der Waals surface area contributed by atoms with Crippen molar-refractivity contribution < 1.29 is 19.7 Å². The average molecular weight is 319 g/mol. The van der Waals surface area contributed by atoms with E-state index in [1.165, 1.54) is 13.4 Å². The van der Waals surface area contributed by atoms with Gasteiger partial charge in [0.2, 0.25) is 5.54 Å². The minimum Gasteiger partial charge on any atom is -0.394 e. The predicted octanol–water partition coefficient (Wildman–Crippen LogP) is -0.488. The second kappa shape index (κ2) is 6.17. The maximum atomic E-state index is 10.0. The van der Waals surface area contributed by atoms with Gasteiger partial charge in [-0.2, -0.15) is 5.11 Å². The molecule has 0 spiro atoms. The first-order valence-corrected chi connectivity index (χ1v) is 7.09. The van der Waals surface area contributed by atoms with E-state index < -0.39 is 23.9 Å². The van der Waals surface area contributed by atoms with Crippen LogP contribution in [-0.4, -0.2) is 58.8 Å². The predicted molar refractivity (Wildman–Crippen MR) is 78.7 cm³/mol. The molecule has 4 N–H and O–H groups in total. The molecule has 0 aromatic carbocycles. The number of nitrogens with two attached hydrogens (primary N) is 1. The molecule has 9 nitrogen and oxygen atoms in total. The highest BCUT2D eigenvalue weighted by molar-refractivity contribution is 5.62. The number of methoxy groups -OCH3 is 1. The molecule has 0 amide bonds. The normalized spacial score (nSPS) is 31.7. The van der Waals surface area contributed by atoms with Gasteiger partial charge in [-0.25, -0.2) is 9.97 Å². The third kappa shape index (κ3) is 2.55. The van der Waals surface area contributed by atoms with Crippen LogP contribution in [0.2, 0.25) is 0 Å². The molecule has 1 saturated heterocycles. The quantitative estimate of drug-likeness (QED) is 0.640. The van der Waals surface area contributed by atoms with E-state index in [-0.39, 0.29) is 25.5 Å². The highest BCUT2D eigenvalue weighted by Crippen LogP contribution is 2.47. The van der Waals surface area contributed by atoms with E-state index in [4.69, 9.17) is 15.2 Å². The lowest BCUT2D eigenvalue weighted by atomic mass is 9.85. The van der Waals surface area contributed by atoms with Crippen molar-refractivity contribution in [3.05, 3.63) is 11.9 Å². The molecule has 1 aromatic heterocycles.